The van der Waals surface area contributed by atoms with Crippen LogP contribution >= 0.6 is 44.1 Å². The number of benzene rings is 1. The Kier molecular flexibility index (Phi) is 5.91. The second-order valence-electron chi connectivity index (χ2n) is 4.43. The summed E-state index contributed by atoms with van der Waals surface area (Å²) in [7, 11) is 0. The van der Waals surface area contributed by atoms with Gasteiger partial charge >= 0.3 is 0 Å². The van der Waals surface area contributed by atoms with Gasteiger partial charge < -0.3 is 4.42 Å². The molecule has 0 saturated heterocycles. The Morgan fingerprint density at radius 3 is 2.43 bits per heavy atom. The van der Waals surface area contributed by atoms with Gasteiger partial charge in [0.2, 0.25) is 0 Å². The van der Waals surface area contributed by atoms with Crippen LogP contribution in [0, 0.1) is 6.92 Å². The summed E-state index contributed by atoms with van der Waals surface area (Å²) >= 11 is 11.4. The average molecular weight is 461 g/mol. The third-order valence-corrected chi connectivity index (χ3v) is 4.23. The van der Waals surface area contributed by atoms with Crippen LogP contribution in [0.25, 0.3) is 0 Å². The molecule has 6 nitrogen and oxygen atoms in total. The smallest absolute Gasteiger partial charge is 0.293 e. The number of carbonyl (C=O) groups excluding carboxylic acids is 2. The fourth-order valence-corrected chi connectivity index (χ4v) is 2.38. The minimum atomic E-state index is -0.527. The average Bonchev–Trinajstić information content (AvgIpc) is 2.94. The molecule has 1 aromatic carbocycles. The van der Waals surface area contributed by atoms with Crippen LogP contribution in [-0.4, -0.2) is 16.9 Å². The number of carbonyl (C=O) groups is 2. The summed E-state index contributed by atoms with van der Waals surface area (Å²) in [6.07, 6.45) is 0. The van der Waals surface area contributed by atoms with Crippen molar-refractivity contribution >= 4 is 61.0 Å². The van der Waals surface area contributed by atoms with Gasteiger partial charge in [0.15, 0.2) is 15.5 Å². The minimum absolute atomic E-state index is 0.0537. The fourth-order valence-electron chi connectivity index (χ4n) is 1.55. The van der Waals surface area contributed by atoms with Gasteiger partial charge in [-0.15, -0.1) is 0 Å². The first-order valence-corrected chi connectivity index (χ1v) is 8.29. The molecule has 1 aromatic heterocycles. The highest BCUT2D eigenvalue weighted by Crippen LogP contribution is 2.17. The summed E-state index contributed by atoms with van der Waals surface area (Å²) in [4.78, 5) is 23.8. The van der Waals surface area contributed by atoms with Crippen LogP contribution in [0.3, 0.4) is 0 Å². The van der Waals surface area contributed by atoms with Crippen molar-refractivity contribution < 1.29 is 14.0 Å². The molecular formula is C14H11Br2N3O3S. The number of furan rings is 1. The number of hydrogen-bond acceptors (Lipinski definition) is 4. The van der Waals surface area contributed by atoms with Crippen LogP contribution in [0.15, 0.2) is 43.9 Å². The first-order chi connectivity index (χ1) is 10.9. The predicted octanol–water partition coefficient (Wildman–Crippen LogP) is 3.06. The lowest BCUT2D eigenvalue weighted by atomic mass is 10.1. The van der Waals surface area contributed by atoms with Crippen molar-refractivity contribution in [2.75, 3.05) is 0 Å². The Morgan fingerprint density at radius 2 is 1.83 bits per heavy atom. The molecule has 120 valence electrons. The third kappa shape index (κ3) is 4.88. The first-order valence-electron chi connectivity index (χ1n) is 6.30. The highest BCUT2D eigenvalue weighted by molar-refractivity contribution is 9.10. The van der Waals surface area contributed by atoms with Crippen LogP contribution in [0.5, 0.6) is 0 Å². The van der Waals surface area contributed by atoms with Gasteiger partial charge in [-0.25, -0.2) is 0 Å². The van der Waals surface area contributed by atoms with Crippen molar-refractivity contribution in [2.24, 2.45) is 0 Å². The van der Waals surface area contributed by atoms with Crippen molar-refractivity contribution in [3.05, 3.63) is 56.4 Å². The van der Waals surface area contributed by atoms with Crippen LogP contribution < -0.4 is 16.2 Å². The van der Waals surface area contributed by atoms with E-state index >= 15 is 0 Å². The zero-order valence-electron chi connectivity index (χ0n) is 11.8. The largest absolute Gasteiger partial charge is 0.444 e. The molecule has 0 saturated carbocycles. The number of aryl methyl sites for hydroxylation is 1. The van der Waals surface area contributed by atoms with Gasteiger partial charge in [0, 0.05) is 10.0 Å². The highest BCUT2D eigenvalue weighted by atomic mass is 79.9. The second kappa shape index (κ2) is 7.71. The summed E-state index contributed by atoms with van der Waals surface area (Å²) in [6, 6.07) is 8.26. The number of thiocarbonyl (C=S) groups is 1. The van der Waals surface area contributed by atoms with Crippen LogP contribution in [-0.2, 0) is 0 Å². The zero-order valence-corrected chi connectivity index (χ0v) is 15.8. The zero-order chi connectivity index (χ0) is 17.0. The van der Waals surface area contributed by atoms with Crippen LogP contribution in [0.4, 0.5) is 0 Å². The number of hydrazine groups is 1. The lowest BCUT2D eigenvalue weighted by Gasteiger charge is -2.10. The monoisotopic (exact) mass is 459 g/mol. The van der Waals surface area contributed by atoms with Crippen molar-refractivity contribution in [3.8, 4) is 0 Å². The number of hydrogen-bond donors (Lipinski definition) is 3. The highest BCUT2D eigenvalue weighted by Gasteiger charge is 2.13. The Balaban J connectivity index is 1.87. The maximum atomic E-state index is 12.0. The standard InChI is InChI=1S/C14H11Br2N3O3S/c1-7-2-3-8(6-9(7)15)12(20)18-19-14(23)17-13(21)10-4-5-11(16)22-10/h2-6H,1H3,(H,18,20)(H2,17,19,21,23). The van der Waals surface area contributed by atoms with E-state index in [4.69, 9.17) is 16.6 Å². The van der Waals surface area contributed by atoms with Gasteiger partial charge in [-0.05, 0) is 64.9 Å². The van der Waals surface area contributed by atoms with Gasteiger partial charge in [-0.2, -0.15) is 0 Å². The number of amides is 2. The van der Waals surface area contributed by atoms with E-state index in [1.807, 2.05) is 13.0 Å². The lowest BCUT2D eigenvalue weighted by molar-refractivity contribution is 0.0926. The van der Waals surface area contributed by atoms with Crippen LogP contribution in [0.1, 0.15) is 26.5 Å². The van der Waals surface area contributed by atoms with E-state index in [0.717, 1.165) is 10.0 Å². The molecule has 0 aliphatic rings. The van der Waals surface area contributed by atoms with Crippen molar-refractivity contribution in [3.63, 3.8) is 0 Å². The Labute approximate surface area is 154 Å². The maximum Gasteiger partial charge on any atom is 0.293 e. The summed E-state index contributed by atoms with van der Waals surface area (Å²) < 4.78 is 6.34. The number of rotatable bonds is 2. The number of nitrogens with one attached hydrogen (secondary N) is 3. The van der Waals surface area contributed by atoms with Gasteiger partial charge in [0.25, 0.3) is 11.8 Å². The third-order valence-electron chi connectivity index (χ3n) is 2.75. The first kappa shape index (κ1) is 17.6. The van der Waals surface area contributed by atoms with E-state index in [9.17, 15) is 9.59 Å². The molecule has 0 fully saturated rings. The molecule has 2 rings (SSSR count). The van der Waals surface area contributed by atoms with Crippen molar-refractivity contribution in [2.45, 2.75) is 6.92 Å². The lowest BCUT2D eigenvalue weighted by Crippen LogP contribution is -2.48. The normalized spacial score (nSPS) is 10.0. The molecule has 0 bridgehead atoms. The molecule has 0 aliphatic carbocycles. The van der Waals surface area contributed by atoms with Crippen molar-refractivity contribution in [1.82, 2.24) is 16.2 Å². The molecule has 0 radical (unpaired) electrons. The summed E-state index contributed by atoms with van der Waals surface area (Å²) in [5, 5.41) is 2.33. The van der Waals surface area contributed by atoms with E-state index in [1.54, 1.807) is 18.2 Å². The second-order valence-corrected chi connectivity index (χ2v) is 6.47. The maximum absolute atomic E-state index is 12.0. The molecule has 0 unspecified atom stereocenters. The van der Waals surface area contributed by atoms with Crippen molar-refractivity contribution in [1.29, 1.82) is 0 Å². The predicted molar refractivity (Wildman–Crippen MR) is 96.0 cm³/mol. The molecule has 0 spiro atoms. The molecule has 23 heavy (non-hydrogen) atoms. The Bertz CT molecular complexity index is 776. The van der Waals surface area contributed by atoms with E-state index in [2.05, 4.69) is 48.0 Å². The molecule has 2 amide bonds. The molecule has 3 N–H and O–H groups in total. The number of halogens is 2. The van der Waals surface area contributed by atoms with Gasteiger partial charge in [-0.3, -0.25) is 25.8 Å². The minimum Gasteiger partial charge on any atom is -0.444 e. The van der Waals surface area contributed by atoms with Gasteiger partial charge in [-0.1, -0.05) is 22.0 Å². The van der Waals surface area contributed by atoms with E-state index in [-0.39, 0.29) is 16.8 Å². The van der Waals surface area contributed by atoms with E-state index in [0.29, 0.717) is 10.2 Å². The summed E-state index contributed by atoms with van der Waals surface area (Å²) in [5.41, 5.74) is 6.31. The molecule has 0 atom stereocenters. The van der Waals surface area contributed by atoms with Crippen LogP contribution in [0.2, 0.25) is 0 Å². The molecule has 9 heteroatoms. The SMILES string of the molecule is Cc1ccc(C(=O)NNC(=S)NC(=O)c2ccc(Br)o2)cc1Br. The Morgan fingerprint density at radius 1 is 1.09 bits per heavy atom. The molecule has 0 aliphatic heterocycles. The quantitative estimate of drug-likeness (QED) is 0.473. The van der Waals surface area contributed by atoms with Gasteiger partial charge in [0.05, 0.1) is 0 Å². The topological polar surface area (TPSA) is 83.4 Å². The van der Waals surface area contributed by atoms with E-state index in [1.165, 1.54) is 6.07 Å². The Hall–Kier alpha value is -1.71. The summed E-state index contributed by atoms with van der Waals surface area (Å²) in [6.45, 7) is 1.92. The molecule has 1 heterocycles. The molecule has 2 aromatic rings. The van der Waals surface area contributed by atoms with E-state index < -0.39 is 5.91 Å². The fraction of sp³-hybridized carbons (Fsp3) is 0.0714. The van der Waals surface area contributed by atoms with Gasteiger partial charge in [0.1, 0.15) is 0 Å². The molecular weight excluding hydrogens is 450 g/mol. The summed E-state index contributed by atoms with van der Waals surface area (Å²) in [5.74, 6) is -0.821.